The van der Waals surface area contributed by atoms with E-state index in [1.165, 1.54) is 12.1 Å². The van der Waals surface area contributed by atoms with Gasteiger partial charge in [0.15, 0.2) is 0 Å². The summed E-state index contributed by atoms with van der Waals surface area (Å²) in [4.78, 5) is 24.4. The van der Waals surface area contributed by atoms with Crippen LogP contribution < -0.4 is 22.1 Å². The number of nitrogens with two attached hydrogens (primary N) is 3. The van der Waals surface area contributed by atoms with Crippen molar-refractivity contribution in [1.82, 2.24) is 0 Å². The monoisotopic (exact) mass is 298 g/mol. The number of rotatable bonds is 7. The lowest BCUT2D eigenvalue weighted by Gasteiger charge is -2.26. The molecule has 6 nitrogen and oxygen atoms in total. The molecule has 0 aromatic heterocycles. The molecule has 0 radical (unpaired) electrons. The van der Waals surface area contributed by atoms with Gasteiger partial charge in [0.05, 0.1) is 22.8 Å². The second-order valence-corrected chi connectivity index (χ2v) is 4.91. The Morgan fingerprint density at radius 1 is 1.30 bits per heavy atom. The summed E-state index contributed by atoms with van der Waals surface area (Å²) in [5, 5.41) is 0.274. The average Bonchev–Trinajstić information content (AvgIpc) is 2.33. The van der Waals surface area contributed by atoms with Gasteiger partial charge in [-0.05, 0) is 18.6 Å². The Bertz CT molecular complexity index is 519. The number of hydrogen-bond acceptors (Lipinski definition) is 4. The fourth-order valence-corrected chi connectivity index (χ4v) is 2.28. The van der Waals surface area contributed by atoms with E-state index in [2.05, 4.69) is 0 Å². The Hall–Kier alpha value is -1.95. The van der Waals surface area contributed by atoms with Crippen LogP contribution in [0.3, 0.4) is 0 Å². The minimum Gasteiger partial charge on any atom is -0.399 e. The molecule has 20 heavy (non-hydrogen) atoms. The highest BCUT2D eigenvalue weighted by atomic mass is 35.5. The smallest absolute Gasteiger partial charge is 0.250 e. The van der Waals surface area contributed by atoms with Crippen molar-refractivity contribution < 1.29 is 9.59 Å². The van der Waals surface area contributed by atoms with E-state index in [4.69, 9.17) is 28.8 Å². The summed E-state index contributed by atoms with van der Waals surface area (Å²) in [5.74, 6) is -1.16. The summed E-state index contributed by atoms with van der Waals surface area (Å²) in [7, 11) is 0. The van der Waals surface area contributed by atoms with Gasteiger partial charge in [0.2, 0.25) is 5.91 Å². The average molecular weight is 299 g/mol. The fourth-order valence-electron chi connectivity index (χ4n) is 1.94. The van der Waals surface area contributed by atoms with Crippen molar-refractivity contribution in [1.29, 1.82) is 0 Å². The van der Waals surface area contributed by atoms with E-state index in [1.54, 1.807) is 4.90 Å². The molecule has 0 saturated carbocycles. The molecule has 0 atom stereocenters. The number of nitrogens with zero attached hydrogens (tertiary/aromatic N) is 1. The van der Waals surface area contributed by atoms with Crippen LogP contribution in [0.15, 0.2) is 12.1 Å². The standard InChI is InChI=1S/C13H19ClN4O2/c1-2-3-4-18(7-11(16)19)12-9(13(17)20)5-8(15)6-10(12)14/h5-6H,2-4,7,15H2,1H3,(H2,16,19)(H2,17,20). The van der Waals surface area contributed by atoms with E-state index in [-0.39, 0.29) is 17.1 Å². The fraction of sp³-hybridized carbons (Fsp3) is 0.385. The number of nitrogen functional groups attached to an aromatic ring is 1. The molecule has 0 aliphatic rings. The molecule has 6 N–H and O–H groups in total. The maximum Gasteiger partial charge on any atom is 0.250 e. The number of halogens is 1. The van der Waals surface area contributed by atoms with Crippen molar-refractivity contribution in [2.75, 3.05) is 23.7 Å². The molecular weight excluding hydrogens is 280 g/mol. The zero-order valence-electron chi connectivity index (χ0n) is 11.4. The van der Waals surface area contributed by atoms with Gasteiger partial charge >= 0.3 is 0 Å². The van der Waals surface area contributed by atoms with Gasteiger partial charge in [0.1, 0.15) is 0 Å². The van der Waals surface area contributed by atoms with Gasteiger partial charge in [-0.1, -0.05) is 24.9 Å². The van der Waals surface area contributed by atoms with Crippen LogP contribution in [-0.4, -0.2) is 24.9 Å². The third-order valence-corrected chi connectivity index (χ3v) is 3.08. The highest BCUT2D eigenvalue weighted by Crippen LogP contribution is 2.32. The summed E-state index contributed by atoms with van der Waals surface area (Å²) in [6.07, 6.45) is 1.75. The first-order valence-electron chi connectivity index (χ1n) is 6.28. The molecule has 110 valence electrons. The minimum absolute atomic E-state index is 0.0378. The first kappa shape index (κ1) is 16.1. The Labute approximate surface area is 122 Å². The molecule has 1 aromatic rings. The number of unbranched alkanes of at least 4 members (excludes halogenated alkanes) is 1. The summed E-state index contributed by atoms with van der Waals surface area (Å²) in [5.41, 5.74) is 17.2. The van der Waals surface area contributed by atoms with Crippen LogP contribution in [0.5, 0.6) is 0 Å². The highest BCUT2D eigenvalue weighted by molar-refractivity contribution is 6.34. The molecule has 2 amide bonds. The van der Waals surface area contributed by atoms with Gasteiger partial charge < -0.3 is 22.1 Å². The van der Waals surface area contributed by atoms with Crippen LogP contribution in [0.25, 0.3) is 0 Å². The molecule has 0 fully saturated rings. The van der Waals surface area contributed by atoms with Crippen molar-refractivity contribution in [3.63, 3.8) is 0 Å². The van der Waals surface area contributed by atoms with Gasteiger partial charge in [0, 0.05) is 12.2 Å². The molecular formula is C13H19ClN4O2. The Morgan fingerprint density at radius 2 is 1.95 bits per heavy atom. The molecule has 0 heterocycles. The number of hydrogen-bond donors (Lipinski definition) is 3. The maximum absolute atomic E-state index is 11.6. The van der Waals surface area contributed by atoms with E-state index in [0.717, 1.165) is 12.8 Å². The van der Waals surface area contributed by atoms with Crippen molar-refractivity contribution in [2.45, 2.75) is 19.8 Å². The second kappa shape index (κ2) is 7.00. The quantitative estimate of drug-likeness (QED) is 0.654. The summed E-state index contributed by atoms with van der Waals surface area (Å²) in [6.45, 7) is 2.52. The third kappa shape index (κ3) is 4.03. The number of amides is 2. The normalized spacial score (nSPS) is 10.3. The van der Waals surface area contributed by atoms with Gasteiger partial charge in [-0.25, -0.2) is 0 Å². The molecule has 0 aliphatic heterocycles. The van der Waals surface area contributed by atoms with E-state index in [9.17, 15) is 9.59 Å². The molecule has 0 aliphatic carbocycles. The van der Waals surface area contributed by atoms with E-state index >= 15 is 0 Å². The second-order valence-electron chi connectivity index (χ2n) is 4.50. The van der Waals surface area contributed by atoms with E-state index < -0.39 is 11.8 Å². The first-order valence-corrected chi connectivity index (χ1v) is 6.66. The van der Waals surface area contributed by atoms with Crippen molar-refractivity contribution in [2.24, 2.45) is 11.5 Å². The Morgan fingerprint density at radius 3 is 2.45 bits per heavy atom. The summed E-state index contributed by atoms with van der Waals surface area (Å²) >= 11 is 6.15. The zero-order valence-corrected chi connectivity index (χ0v) is 12.1. The van der Waals surface area contributed by atoms with E-state index in [0.29, 0.717) is 17.9 Å². The number of carbonyl (C=O) groups is 2. The van der Waals surface area contributed by atoms with Crippen LogP contribution in [0, 0.1) is 0 Å². The third-order valence-electron chi connectivity index (χ3n) is 2.80. The number of anilines is 2. The summed E-state index contributed by atoms with van der Waals surface area (Å²) < 4.78 is 0. The molecule has 0 saturated heterocycles. The number of benzene rings is 1. The molecule has 0 spiro atoms. The van der Waals surface area contributed by atoms with Crippen molar-refractivity contribution in [3.8, 4) is 0 Å². The minimum atomic E-state index is -0.653. The number of carbonyl (C=O) groups excluding carboxylic acids is 2. The van der Waals surface area contributed by atoms with Crippen molar-refractivity contribution >= 4 is 34.8 Å². The molecule has 0 unspecified atom stereocenters. The highest BCUT2D eigenvalue weighted by Gasteiger charge is 2.20. The largest absolute Gasteiger partial charge is 0.399 e. The first-order chi connectivity index (χ1) is 9.36. The topological polar surface area (TPSA) is 115 Å². The summed E-state index contributed by atoms with van der Waals surface area (Å²) in [6, 6.07) is 2.97. The number of primary amides is 2. The lowest BCUT2D eigenvalue weighted by atomic mass is 10.1. The predicted molar refractivity (Wildman–Crippen MR) is 80.7 cm³/mol. The van der Waals surface area contributed by atoms with Gasteiger partial charge in [-0.2, -0.15) is 0 Å². The van der Waals surface area contributed by atoms with E-state index in [1.807, 2.05) is 6.92 Å². The lowest BCUT2D eigenvalue weighted by Crippen LogP contribution is -2.36. The van der Waals surface area contributed by atoms with Gasteiger partial charge in [0.25, 0.3) is 5.91 Å². The van der Waals surface area contributed by atoms with Crippen LogP contribution in [0.2, 0.25) is 5.02 Å². The zero-order chi connectivity index (χ0) is 15.3. The van der Waals surface area contributed by atoms with Crippen molar-refractivity contribution in [3.05, 3.63) is 22.7 Å². The maximum atomic E-state index is 11.6. The lowest BCUT2D eigenvalue weighted by molar-refractivity contribution is -0.116. The SMILES string of the molecule is CCCCN(CC(N)=O)c1c(Cl)cc(N)cc1C(N)=O. The van der Waals surface area contributed by atoms with Gasteiger partial charge in [-0.3, -0.25) is 9.59 Å². The molecule has 1 aromatic carbocycles. The van der Waals surface area contributed by atoms with Crippen LogP contribution in [0.4, 0.5) is 11.4 Å². The van der Waals surface area contributed by atoms with Crippen LogP contribution in [-0.2, 0) is 4.79 Å². The van der Waals surface area contributed by atoms with Crippen LogP contribution >= 0.6 is 11.6 Å². The predicted octanol–water partition coefficient (Wildman–Crippen LogP) is 1.11. The Balaban J connectivity index is 3.29. The molecule has 0 bridgehead atoms. The molecule has 7 heteroatoms. The van der Waals surface area contributed by atoms with Gasteiger partial charge in [-0.15, -0.1) is 0 Å². The Kier molecular flexibility index (Phi) is 5.64. The van der Waals surface area contributed by atoms with Crippen LogP contribution in [0.1, 0.15) is 30.1 Å². The molecule has 1 rings (SSSR count).